The molecular formula is C16H12ClN3O. The van der Waals surface area contributed by atoms with Crippen molar-refractivity contribution in [1.29, 1.82) is 0 Å². The molecule has 0 spiro atoms. The van der Waals surface area contributed by atoms with Crippen LogP contribution in [0.2, 0.25) is 5.02 Å². The summed E-state index contributed by atoms with van der Waals surface area (Å²) in [7, 11) is 0. The summed E-state index contributed by atoms with van der Waals surface area (Å²) in [6.45, 7) is 0. The molecule has 0 fully saturated rings. The average Bonchev–Trinajstić information content (AvgIpc) is 2.94. The van der Waals surface area contributed by atoms with Gasteiger partial charge in [0.05, 0.1) is 5.02 Å². The SMILES string of the molecule is Nc1cccc(/C=C/c2nc(-c3ccccc3Cl)no2)c1. The van der Waals surface area contributed by atoms with E-state index in [0.717, 1.165) is 11.1 Å². The number of nitrogens with zero attached hydrogens (tertiary/aromatic N) is 2. The molecule has 0 saturated heterocycles. The maximum absolute atomic E-state index is 6.10. The molecule has 4 nitrogen and oxygen atoms in total. The maximum Gasteiger partial charge on any atom is 0.250 e. The smallest absolute Gasteiger partial charge is 0.250 e. The molecule has 3 aromatic rings. The molecule has 0 unspecified atom stereocenters. The Morgan fingerprint density at radius 1 is 1.05 bits per heavy atom. The largest absolute Gasteiger partial charge is 0.399 e. The Morgan fingerprint density at radius 2 is 1.90 bits per heavy atom. The third kappa shape index (κ3) is 3.12. The Labute approximate surface area is 126 Å². The van der Waals surface area contributed by atoms with Crippen LogP contribution in [-0.4, -0.2) is 10.1 Å². The summed E-state index contributed by atoms with van der Waals surface area (Å²) in [6.07, 6.45) is 3.60. The lowest BCUT2D eigenvalue weighted by atomic mass is 10.2. The molecule has 1 aromatic heterocycles. The highest BCUT2D eigenvalue weighted by atomic mass is 35.5. The standard InChI is InChI=1S/C16H12ClN3O/c17-14-7-2-1-6-13(14)16-19-15(21-20-16)9-8-11-4-3-5-12(18)10-11/h1-10H,18H2/b9-8+. The van der Waals surface area contributed by atoms with Crippen LogP contribution in [0.1, 0.15) is 11.5 Å². The molecule has 5 heteroatoms. The molecule has 0 bridgehead atoms. The molecule has 0 radical (unpaired) electrons. The first-order chi connectivity index (χ1) is 10.2. The van der Waals surface area contributed by atoms with Crippen LogP contribution in [0.5, 0.6) is 0 Å². The van der Waals surface area contributed by atoms with Crippen LogP contribution in [-0.2, 0) is 0 Å². The Hall–Kier alpha value is -2.59. The predicted molar refractivity (Wildman–Crippen MR) is 84.5 cm³/mol. The quantitative estimate of drug-likeness (QED) is 0.738. The van der Waals surface area contributed by atoms with Gasteiger partial charge in [-0.15, -0.1) is 0 Å². The van der Waals surface area contributed by atoms with Crippen molar-refractivity contribution in [1.82, 2.24) is 10.1 Å². The third-order valence-corrected chi connectivity index (χ3v) is 3.22. The number of nitrogens with two attached hydrogens (primary N) is 1. The number of benzene rings is 2. The number of nitrogen functional groups attached to an aromatic ring is 1. The Bertz CT molecular complexity index is 795. The second kappa shape index (κ2) is 5.81. The Balaban J connectivity index is 1.84. The van der Waals surface area contributed by atoms with Gasteiger partial charge < -0.3 is 10.3 Å². The predicted octanol–water partition coefficient (Wildman–Crippen LogP) is 4.14. The van der Waals surface area contributed by atoms with Gasteiger partial charge in [-0.3, -0.25) is 0 Å². The second-order valence-corrected chi connectivity index (χ2v) is 4.85. The van der Waals surface area contributed by atoms with Crippen molar-refractivity contribution in [2.24, 2.45) is 0 Å². The van der Waals surface area contributed by atoms with Crippen molar-refractivity contribution in [3.8, 4) is 11.4 Å². The van der Waals surface area contributed by atoms with E-state index in [2.05, 4.69) is 10.1 Å². The molecule has 2 N–H and O–H groups in total. The first-order valence-corrected chi connectivity index (χ1v) is 6.72. The van der Waals surface area contributed by atoms with Crippen LogP contribution in [0.25, 0.3) is 23.5 Å². The first kappa shape index (κ1) is 13.4. The molecule has 21 heavy (non-hydrogen) atoms. The highest BCUT2D eigenvalue weighted by Gasteiger charge is 2.09. The fourth-order valence-electron chi connectivity index (χ4n) is 1.89. The molecule has 0 saturated carbocycles. The van der Waals surface area contributed by atoms with Gasteiger partial charge in [-0.1, -0.05) is 41.0 Å². The van der Waals surface area contributed by atoms with Crippen LogP contribution in [0.3, 0.4) is 0 Å². The molecule has 104 valence electrons. The van der Waals surface area contributed by atoms with Crippen molar-refractivity contribution >= 4 is 29.4 Å². The van der Waals surface area contributed by atoms with Crippen molar-refractivity contribution < 1.29 is 4.52 Å². The number of anilines is 1. The second-order valence-electron chi connectivity index (χ2n) is 4.44. The number of halogens is 1. The van der Waals surface area contributed by atoms with Crippen molar-refractivity contribution in [2.45, 2.75) is 0 Å². The molecule has 1 heterocycles. The minimum absolute atomic E-state index is 0.410. The normalized spacial score (nSPS) is 11.1. The fraction of sp³-hybridized carbons (Fsp3) is 0. The van der Waals surface area contributed by atoms with Gasteiger partial charge in [0.15, 0.2) is 0 Å². The van der Waals surface area contributed by atoms with Gasteiger partial charge in [-0.2, -0.15) is 4.98 Å². The summed E-state index contributed by atoms with van der Waals surface area (Å²) in [5.74, 6) is 0.875. The minimum Gasteiger partial charge on any atom is -0.399 e. The molecule has 3 rings (SSSR count). The molecule has 0 atom stereocenters. The van der Waals surface area contributed by atoms with E-state index in [1.807, 2.05) is 48.5 Å². The van der Waals surface area contributed by atoms with Crippen LogP contribution < -0.4 is 5.73 Å². The zero-order chi connectivity index (χ0) is 14.7. The van der Waals surface area contributed by atoms with E-state index in [1.165, 1.54) is 0 Å². The van der Waals surface area contributed by atoms with Crippen LogP contribution in [0, 0.1) is 0 Å². The van der Waals surface area contributed by atoms with E-state index in [-0.39, 0.29) is 0 Å². The lowest BCUT2D eigenvalue weighted by Gasteiger charge is -1.95. The van der Waals surface area contributed by atoms with E-state index in [1.54, 1.807) is 12.1 Å². The van der Waals surface area contributed by atoms with Gasteiger partial charge in [0.25, 0.3) is 5.89 Å². The lowest BCUT2D eigenvalue weighted by Crippen LogP contribution is -1.83. The number of aromatic nitrogens is 2. The van der Waals surface area contributed by atoms with Gasteiger partial charge in [0, 0.05) is 17.3 Å². The molecule has 0 aliphatic carbocycles. The van der Waals surface area contributed by atoms with E-state index >= 15 is 0 Å². The monoisotopic (exact) mass is 297 g/mol. The minimum atomic E-state index is 0.410. The van der Waals surface area contributed by atoms with Crippen LogP contribution >= 0.6 is 11.6 Å². The van der Waals surface area contributed by atoms with Crippen LogP contribution in [0.15, 0.2) is 53.1 Å². The van der Waals surface area contributed by atoms with Gasteiger partial charge in [0.1, 0.15) is 0 Å². The molecule has 2 aromatic carbocycles. The van der Waals surface area contributed by atoms with Gasteiger partial charge in [-0.25, -0.2) is 0 Å². The fourth-order valence-corrected chi connectivity index (χ4v) is 2.11. The molecule has 0 aliphatic heterocycles. The topological polar surface area (TPSA) is 64.9 Å². The summed E-state index contributed by atoms with van der Waals surface area (Å²) in [5, 5.41) is 4.52. The van der Waals surface area contributed by atoms with Crippen molar-refractivity contribution in [3.05, 3.63) is 65.0 Å². The molecule has 0 amide bonds. The van der Waals surface area contributed by atoms with Gasteiger partial charge in [0.2, 0.25) is 5.82 Å². The van der Waals surface area contributed by atoms with Crippen molar-refractivity contribution in [2.75, 3.05) is 5.73 Å². The van der Waals surface area contributed by atoms with E-state index in [4.69, 9.17) is 21.9 Å². The summed E-state index contributed by atoms with van der Waals surface area (Å²) in [6, 6.07) is 14.9. The number of hydrogen-bond acceptors (Lipinski definition) is 4. The number of hydrogen-bond donors (Lipinski definition) is 1. The Morgan fingerprint density at radius 3 is 2.71 bits per heavy atom. The summed E-state index contributed by atoms with van der Waals surface area (Å²) in [5.41, 5.74) is 8.14. The maximum atomic E-state index is 6.10. The van der Waals surface area contributed by atoms with Gasteiger partial charge in [-0.05, 0) is 35.9 Å². The summed E-state index contributed by atoms with van der Waals surface area (Å²) in [4.78, 5) is 4.30. The van der Waals surface area contributed by atoms with Gasteiger partial charge >= 0.3 is 0 Å². The summed E-state index contributed by atoms with van der Waals surface area (Å²) >= 11 is 6.10. The lowest BCUT2D eigenvalue weighted by molar-refractivity contribution is 0.411. The number of rotatable bonds is 3. The molecule has 0 aliphatic rings. The highest BCUT2D eigenvalue weighted by Crippen LogP contribution is 2.25. The average molecular weight is 298 g/mol. The zero-order valence-corrected chi connectivity index (χ0v) is 11.8. The van der Waals surface area contributed by atoms with Crippen LogP contribution in [0.4, 0.5) is 5.69 Å². The van der Waals surface area contributed by atoms with E-state index < -0.39 is 0 Å². The Kier molecular flexibility index (Phi) is 3.71. The van der Waals surface area contributed by atoms with Crippen molar-refractivity contribution in [3.63, 3.8) is 0 Å². The zero-order valence-electron chi connectivity index (χ0n) is 11.0. The molecular weight excluding hydrogens is 286 g/mol. The first-order valence-electron chi connectivity index (χ1n) is 6.34. The third-order valence-electron chi connectivity index (χ3n) is 2.89. The summed E-state index contributed by atoms with van der Waals surface area (Å²) < 4.78 is 5.19. The van der Waals surface area contributed by atoms with E-state index in [9.17, 15) is 0 Å². The van der Waals surface area contributed by atoms with E-state index in [0.29, 0.717) is 22.4 Å². The highest BCUT2D eigenvalue weighted by molar-refractivity contribution is 6.33.